The van der Waals surface area contributed by atoms with Crippen molar-refractivity contribution in [1.82, 2.24) is 10.6 Å². The highest BCUT2D eigenvalue weighted by Gasteiger charge is 2.28. The van der Waals surface area contributed by atoms with E-state index in [9.17, 15) is 18.0 Å². The van der Waals surface area contributed by atoms with E-state index in [-0.39, 0.29) is 0 Å². The normalized spacial score (nSPS) is 25.5. The number of carbonyl (C=O) groups excluding carboxylic acids is 1. The number of nitrogens with one attached hydrogen (secondary N) is 2. The van der Waals surface area contributed by atoms with Gasteiger partial charge in [-0.15, -0.1) is 0 Å². The number of alkyl halides is 3. The summed E-state index contributed by atoms with van der Waals surface area (Å²) in [6.07, 6.45) is -1.03. The molecule has 2 N–H and O–H groups in total. The van der Waals surface area contributed by atoms with E-state index in [4.69, 9.17) is 0 Å². The van der Waals surface area contributed by atoms with Gasteiger partial charge in [-0.3, -0.25) is 0 Å². The molecule has 0 aromatic carbocycles. The molecule has 6 heteroatoms. The number of hydrogen-bond donors (Lipinski definition) is 2. The standard InChI is InChI=1S/C10H17F3N2O/c1-7-3-2-4-8(7)5-14-9(16)15-6-10(11,12)13/h7-8H,2-6H2,1H3,(H2,14,15,16). The lowest BCUT2D eigenvalue weighted by Gasteiger charge is -2.16. The first-order chi connectivity index (χ1) is 7.38. The molecule has 1 aliphatic rings. The van der Waals surface area contributed by atoms with Crippen molar-refractivity contribution in [1.29, 1.82) is 0 Å². The van der Waals surface area contributed by atoms with E-state index < -0.39 is 18.8 Å². The van der Waals surface area contributed by atoms with E-state index in [1.807, 2.05) is 0 Å². The van der Waals surface area contributed by atoms with Gasteiger partial charge < -0.3 is 10.6 Å². The molecule has 1 rings (SSSR count). The highest BCUT2D eigenvalue weighted by molar-refractivity contribution is 5.73. The molecule has 0 aromatic rings. The van der Waals surface area contributed by atoms with Gasteiger partial charge in [0.05, 0.1) is 0 Å². The molecule has 1 fully saturated rings. The van der Waals surface area contributed by atoms with Crippen LogP contribution < -0.4 is 10.6 Å². The SMILES string of the molecule is CC1CCCC1CNC(=O)NCC(F)(F)F. The Hall–Kier alpha value is -0.940. The number of carbonyl (C=O) groups is 1. The van der Waals surface area contributed by atoms with Crippen molar-refractivity contribution in [2.24, 2.45) is 11.8 Å². The smallest absolute Gasteiger partial charge is 0.338 e. The number of rotatable bonds is 3. The third-order valence-corrected chi connectivity index (χ3v) is 3.01. The first-order valence-electron chi connectivity index (χ1n) is 5.47. The van der Waals surface area contributed by atoms with Crippen LogP contribution >= 0.6 is 0 Å². The Balaban J connectivity index is 2.15. The molecule has 2 atom stereocenters. The molecule has 2 unspecified atom stereocenters. The first kappa shape index (κ1) is 13.1. The maximum absolute atomic E-state index is 11.8. The molecule has 0 heterocycles. The van der Waals surface area contributed by atoms with Crippen molar-refractivity contribution in [3.63, 3.8) is 0 Å². The van der Waals surface area contributed by atoms with E-state index in [1.165, 1.54) is 0 Å². The van der Waals surface area contributed by atoms with Crippen LogP contribution in [0.4, 0.5) is 18.0 Å². The van der Waals surface area contributed by atoms with E-state index in [0.717, 1.165) is 19.3 Å². The van der Waals surface area contributed by atoms with Crippen LogP contribution in [0.2, 0.25) is 0 Å². The summed E-state index contributed by atoms with van der Waals surface area (Å²) in [6, 6.07) is -0.739. The third kappa shape index (κ3) is 4.72. The number of hydrogen-bond acceptors (Lipinski definition) is 1. The van der Waals surface area contributed by atoms with Gasteiger partial charge in [-0.2, -0.15) is 13.2 Å². The largest absolute Gasteiger partial charge is 0.405 e. The van der Waals surface area contributed by atoms with E-state index in [0.29, 0.717) is 18.4 Å². The van der Waals surface area contributed by atoms with Gasteiger partial charge in [0.15, 0.2) is 0 Å². The molecule has 0 bridgehead atoms. The molecule has 1 saturated carbocycles. The van der Waals surface area contributed by atoms with Crippen molar-refractivity contribution in [2.75, 3.05) is 13.1 Å². The zero-order valence-corrected chi connectivity index (χ0v) is 9.23. The minimum absolute atomic E-state index is 0.400. The second-order valence-electron chi connectivity index (χ2n) is 4.35. The molecule has 2 amide bonds. The third-order valence-electron chi connectivity index (χ3n) is 3.01. The Bertz CT molecular complexity index is 243. The number of urea groups is 1. The number of amides is 2. The van der Waals surface area contributed by atoms with Crippen molar-refractivity contribution < 1.29 is 18.0 Å². The molecule has 3 nitrogen and oxygen atoms in total. The molecule has 1 aliphatic carbocycles. The summed E-state index contributed by atoms with van der Waals surface area (Å²) in [5.74, 6) is 0.944. The summed E-state index contributed by atoms with van der Waals surface area (Å²) in [7, 11) is 0. The summed E-state index contributed by atoms with van der Waals surface area (Å²) in [5.41, 5.74) is 0. The van der Waals surface area contributed by atoms with Crippen LogP contribution in [-0.4, -0.2) is 25.3 Å². The van der Waals surface area contributed by atoms with Gasteiger partial charge in [0, 0.05) is 6.54 Å². The Kier molecular flexibility index (Phi) is 4.44. The van der Waals surface area contributed by atoms with Crippen LogP contribution in [0.25, 0.3) is 0 Å². The van der Waals surface area contributed by atoms with Crippen LogP contribution in [0, 0.1) is 11.8 Å². The zero-order valence-electron chi connectivity index (χ0n) is 9.23. The Labute approximate surface area is 92.8 Å². The fourth-order valence-electron chi connectivity index (χ4n) is 1.99. The van der Waals surface area contributed by atoms with E-state index in [2.05, 4.69) is 12.2 Å². The van der Waals surface area contributed by atoms with Crippen LogP contribution in [0.3, 0.4) is 0 Å². The van der Waals surface area contributed by atoms with Crippen molar-refractivity contribution in [3.05, 3.63) is 0 Å². The lowest BCUT2D eigenvalue weighted by molar-refractivity contribution is -0.122. The molecule has 0 aromatic heterocycles. The average Bonchev–Trinajstić information content (AvgIpc) is 2.57. The summed E-state index contributed by atoms with van der Waals surface area (Å²) >= 11 is 0. The predicted octanol–water partition coefficient (Wildman–Crippen LogP) is 2.28. The van der Waals surface area contributed by atoms with Gasteiger partial charge in [-0.05, 0) is 18.3 Å². The summed E-state index contributed by atoms with van der Waals surface area (Å²) in [4.78, 5) is 11.0. The van der Waals surface area contributed by atoms with Crippen molar-refractivity contribution in [3.8, 4) is 0 Å². The minimum atomic E-state index is -4.35. The van der Waals surface area contributed by atoms with Crippen LogP contribution in [0.5, 0.6) is 0 Å². The highest BCUT2D eigenvalue weighted by atomic mass is 19.4. The molecule has 94 valence electrons. The van der Waals surface area contributed by atoms with Gasteiger partial charge in [-0.1, -0.05) is 19.8 Å². The fraction of sp³-hybridized carbons (Fsp3) is 0.900. The molecule has 0 spiro atoms. The summed E-state index contributed by atoms with van der Waals surface area (Å²) in [5, 5.41) is 4.26. The van der Waals surface area contributed by atoms with Gasteiger partial charge in [0.2, 0.25) is 0 Å². The molecular weight excluding hydrogens is 221 g/mol. The molecule has 16 heavy (non-hydrogen) atoms. The first-order valence-corrected chi connectivity index (χ1v) is 5.47. The topological polar surface area (TPSA) is 41.1 Å². The molecule has 0 radical (unpaired) electrons. The zero-order chi connectivity index (χ0) is 12.2. The van der Waals surface area contributed by atoms with Gasteiger partial charge in [-0.25, -0.2) is 4.79 Å². The Morgan fingerprint density at radius 3 is 2.50 bits per heavy atom. The fourth-order valence-corrected chi connectivity index (χ4v) is 1.99. The number of halogens is 3. The Morgan fingerprint density at radius 2 is 2.00 bits per heavy atom. The molecule has 0 saturated heterocycles. The van der Waals surface area contributed by atoms with Crippen LogP contribution in [0.15, 0.2) is 0 Å². The van der Waals surface area contributed by atoms with Crippen LogP contribution in [0.1, 0.15) is 26.2 Å². The van der Waals surface area contributed by atoms with Gasteiger partial charge in [0.1, 0.15) is 6.54 Å². The monoisotopic (exact) mass is 238 g/mol. The maximum atomic E-state index is 11.8. The maximum Gasteiger partial charge on any atom is 0.405 e. The summed E-state index contributed by atoms with van der Waals surface area (Å²) in [6.45, 7) is 1.29. The molecular formula is C10H17F3N2O. The van der Waals surface area contributed by atoms with E-state index >= 15 is 0 Å². The van der Waals surface area contributed by atoms with Crippen LogP contribution in [-0.2, 0) is 0 Å². The minimum Gasteiger partial charge on any atom is -0.338 e. The lowest BCUT2D eigenvalue weighted by Crippen LogP contribution is -2.42. The highest BCUT2D eigenvalue weighted by Crippen LogP contribution is 2.30. The van der Waals surface area contributed by atoms with Crippen molar-refractivity contribution in [2.45, 2.75) is 32.4 Å². The second-order valence-corrected chi connectivity index (χ2v) is 4.35. The quantitative estimate of drug-likeness (QED) is 0.778. The van der Waals surface area contributed by atoms with E-state index in [1.54, 1.807) is 5.32 Å². The van der Waals surface area contributed by atoms with Crippen molar-refractivity contribution >= 4 is 6.03 Å². The van der Waals surface area contributed by atoms with Gasteiger partial charge >= 0.3 is 12.2 Å². The lowest BCUT2D eigenvalue weighted by atomic mass is 9.98. The van der Waals surface area contributed by atoms with Gasteiger partial charge in [0.25, 0.3) is 0 Å². The second kappa shape index (κ2) is 5.41. The Morgan fingerprint density at radius 1 is 1.31 bits per heavy atom. The predicted molar refractivity (Wildman–Crippen MR) is 54.0 cm³/mol. The average molecular weight is 238 g/mol. The molecule has 0 aliphatic heterocycles. The summed E-state index contributed by atoms with van der Waals surface area (Å²) < 4.78 is 35.3.